The number of fused-ring (bicyclic) bond motifs is 20. The van der Waals surface area contributed by atoms with Crippen LogP contribution in [0.4, 0.5) is 34.1 Å². The van der Waals surface area contributed by atoms with Gasteiger partial charge in [-0.05, 0) is 136 Å². The molecule has 0 saturated carbocycles. The van der Waals surface area contributed by atoms with Gasteiger partial charge in [-0.15, -0.1) is 22.7 Å². The smallest absolute Gasteiger partial charge is 0.159 e. The molecule has 0 radical (unpaired) electrons. The molecule has 6 heterocycles. The van der Waals surface area contributed by atoms with Gasteiger partial charge in [0.25, 0.3) is 0 Å². The fraction of sp³-hybridized carbons (Fsp3) is 0. The Bertz CT molecular complexity index is 6360. The van der Waals surface area contributed by atoms with Gasteiger partial charge in [0, 0.05) is 112 Å². The molecule has 0 aliphatic heterocycles. The first kappa shape index (κ1) is 51.8. The highest BCUT2D eigenvalue weighted by molar-refractivity contribution is 7.26. The van der Waals surface area contributed by atoms with Crippen molar-refractivity contribution in [3.05, 3.63) is 291 Å². The van der Waals surface area contributed by atoms with E-state index in [4.69, 9.17) is 17.7 Å². The molecule has 0 spiro atoms. The first-order valence-corrected chi connectivity index (χ1v) is 33.3. The quantitative estimate of drug-likeness (QED) is 0.151. The molecule has 0 aliphatic carbocycles. The van der Waals surface area contributed by atoms with Crippen molar-refractivity contribution in [1.29, 1.82) is 0 Å². The normalized spacial score (nSPS) is 12.3. The van der Waals surface area contributed by atoms with Gasteiger partial charge < -0.3 is 27.5 Å². The third-order valence-electron chi connectivity index (χ3n) is 19.4. The Morgan fingerprint density at radius 3 is 1.11 bits per heavy atom. The van der Waals surface area contributed by atoms with E-state index in [2.05, 4.69) is 289 Å². The minimum absolute atomic E-state index is 0.770. The molecule has 0 aliphatic rings. The van der Waals surface area contributed by atoms with E-state index in [-0.39, 0.29) is 0 Å². The Labute approximate surface area is 543 Å². The number of anilines is 6. The molecule has 0 N–H and O–H groups in total. The summed E-state index contributed by atoms with van der Waals surface area (Å²) in [7, 11) is 0. The van der Waals surface area contributed by atoms with Crippen molar-refractivity contribution in [2.45, 2.75) is 0 Å². The van der Waals surface area contributed by atoms with Crippen molar-refractivity contribution >= 4 is 206 Å². The Balaban J connectivity index is 0.713. The molecule has 6 aromatic heterocycles. The van der Waals surface area contributed by atoms with Crippen LogP contribution in [0.25, 0.3) is 172 Å². The third kappa shape index (κ3) is 7.63. The molecule has 0 fully saturated rings. The molecule has 0 bridgehead atoms. The molecule has 8 heteroatoms. The lowest BCUT2D eigenvalue weighted by molar-refractivity contribution is 0.656. The van der Waals surface area contributed by atoms with Crippen LogP contribution < -0.4 is 9.80 Å². The lowest BCUT2D eigenvalue weighted by Crippen LogP contribution is -2.11. The van der Waals surface area contributed by atoms with E-state index in [0.717, 1.165) is 155 Å². The largest absolute Gasteiger partial charge is 0.456 e. The van der Waals surface area contributed by atoms with Crippen LogP contribution in [0.3, 0.4) is 0 Å². The molecule has 6 nitrogen and oxygen atoms in total. The van der Waals surface area contributed by atoms with Crippen molar-refractivity contribution in [3.63, 3.8) is 0 Å². The molecule has 438 valence electrons. The number of thiophene rings is 2. The maximum Gasteiger partial charge on any atom is 0.159 e. The van der Waals surface area contributed by atoms with Gasteiger partial charge in [-0.1, -0.05) is 182 Å². The zero-order valence-electron chi connectivity index (χ0n) is 50.1. The summed E-state index contributed by atoms with van der Waals surface area (Å²) in [4.78, 5) is 4.80. The molecule has 94 heavy (non-hydrogen) atoms. The van der Waals surface area contributed by atoms with Crippen LogP contribution in [0.5, 0.6) is 0 Å². The second kappa shape index (κ2) is 19.8. The summed E-state index contributed by atoms with van der Waals surface area (Å²) in [6.45, 7) is 0. The fourth-order valence-electron chi connectivity index (χ4n) is 15.1. The van der Waals surface area contributed by atoms with E-state index in [1.54, 1.807) is 0 Å². The van der Waals surface area contributed by atoms with E-state index in [9.17, 15) is 0 Å². The molecule has 0 unspecified atom stereocenters. The van der Waals surface area contributed by atoms with Crippen molar-refractivity contribution in [2.24, 2.45) is 0 Å². The second-order valence-corrected chi connectivity index (χ2v) is 26.7. The number of hydrogen-bond donors (Lipinski definition) is 0. The summed E-state index contributed by atoms with van der Waals surface area (Å²) in [5.74, 6) is 0. The second-order valence-electron chi connectivity index (χ2n) is 24.6. The van der Waals surface area contributed by atoms with Crippen molar-refractivity contribution in [1.82, 2.24) is 0 Å². The number of benzene rings is 15. The van der Waals surface area contributed by atoms with Crippen molar-refractivity contribution in [2.75, 3.05) is 9.80 Å². The minimum atomic E-state index is 0.770. The van der Waals surface area contributed by atoms with Crippen molar-refractivity contribution in [3.8, 4) is 22.3 Å². The van der Waals surface area contributed by atoms with E-state index in [1.807, 2.05) is 34.8 Å². The molecule has 0 amide bonds. The van der Waals surface area contributed by atoms with Crippen LogP contribution in [0, 0.1) is 0 Å². The number of hydrogen-bond acceptors (Lipinski definition) is 8. The van der Waals surface area contributed by atoms with Gasteiger partial charge in [0.15, 0.2) is 11.2 Å². The van der Waals surface area contributed by atoms with Crippen LogP contribution in [0.2, 0.25) is 0 Å². The summed E-state index contributed by atoms with van der Waals surface area (Å²) < 4.78 is 32.6. The highest BCUT2D eigenvalue weighted by Crippen LogP contribution is 2.54. The zero-order chi connectivity index (χ0) is 61.3. The summed E-state index contributed by atoms with van der Waals surface area (Å²) in [5, 5.41) is 17.8. The SMILES string of the molecule is c1ccc(-c2c(N(c3ccc4cc5c(cc4c3)oc3cc4oc6cc7cc(N(c8ccc9c(sc%10ccccc%109)c8-c8ccccc8)c8cccc9c8oc8ccccc89)ccc7cc6c4cc35)c3cccc4c3oc3ccccc34)ccc3c2sc2ccccc23)cc1. The van der Waals surface area contributed by atoms with Crippen LogP contribution in [-0.2, 0) is 0 Å². The van der Waals surface area contributed by atoms with E-state index in [0.29, 0.717) is 0 Å². The lowest BCUT2D eigenvalue weighted by Gasteiger charge is -2.28. The average molecular weight is 1240 g/mol. The fourth-order valence-corrected chi connectivity index (χ4v) is 17.6. The van der Waals surface area contributed by atoms with E-state index < -0.39 is 0 Å². The van der Waals surface area contributed by atoms with Gasteiger partial charge >= 0.3 is 0 Å². The molecular formula is C86H48N2O4S2. The number of rotatable bonds is 8. The number of para-hydroxylation sites is 4. The first-order valence-electron chi connectivity index (χ1n) is 31.7. The summed E-state index contributed by atoms with van der Waals surface area (Å²) >= 11 is 3.70. The monoisotopic (exact) mass is 1240 g/mol. The molecule has 0 atom stereocenters. The van der Waals surface area contributed by atoms with E-state index >= 15 is 0 Å². The third-order valence-corrected chi connectivity index (χ3v) is 21.8. The molecule has 21 rings (SSSR count). The molecular weight excluding hydrogens is 1190 g/mol. The van der Waals surface area contributed by atoms with Gasteiger partial charge in [-0.3, -0.25) is 0 Å². The van der Waals surface area contributed by atoms with Crippen molar-refractivity contribution < 1.29 is 17.7 Å². The average Bonchev–Trinajstić information content (AvgIpc) is 1.70. The number of furan rings is 4. The predicted molar refractivity (Wildman–Crippen MR) is 397 cm³/mol. The highest BCUT2D eigenvalue weighted by atomic mass is 32.1. The number of nitrogens with zero attached hydrogens (tertiary/aromatic N) is 2. The van der Waals surface area contributed by atoms with E-state index in [1.165, 1.54) is 51.5 Å². The minimum Gasteiger partial charge on any atom is -0.456 e. The summed E-state index contributed by atoms with van der Waals surface area (Å²) in [6, 6.07) is 105. The molecule has 21 aromatic rings. The first-order chi connectivity index (χ1) is 46.6. The predicted octanol–water partition coefficient (Wildman–Crippen LogP) is 26.6. The maximum absolute atomic E-state index is 6.92. The zero-order valence-corrected chi connectivity index (χ0v) is 51.7. The summed E-state index contributed by atoms with van der Waals surface area (Å²) in [5.41, 5.74) is 17.2. The standard InChI is InChI=1S/C86H48N2O4S2/c1-3-17-49(18-4-1)81-69(39-37-63-59-23-9-13-31-79(59)93-85(63)81)87(71-27-15-25-61-57-21-7-11-29-73(57)91-83(61)71)55-35-33-51-43-65-67-47-68-66-44-52-34-36-56(42-54(52)46-76(66)90-78(68)48-77(67)89-75(65)45-53(51)41-55)88(72-28-16-26-62-58-22-8-12-30-74(58)92-84(62)72)70-40-38-64-60-24-10-14-32-80(60)94-86(64)82(70)50-19-5-2-6-20-50/h1-48H. The van der Waals surface area contributed by atoms with Gasteiger partial charge in [-0.25, -0.2) is 0 Å². The van der Waals surface area contributed by atoms with Crippen LogP contribution in [0.1, 0.15) is 0 Å². The molecule has 0 saturated heterocycles. The van der Waals surface area contributed by atoms with Crippen LogP contribution in [-0.4, -0.2) is 0 Å². The Hall–Kier alpha value is -11.9. The highest BCUT2D eigenvalue weighted by Gasteiger charge is 2.28. The lowest BCUT2D eigenvalue weighted by atomic mass is 9.98. The topological polar surface area (TPSA) is 59.0 Å². The van der Waals surface area contributed by atoms with Gasteiger partial charge in [0.2, 0.25) is 0 Å². The van der Waals surface area contributed by atoms with Gasteiger partial charge in [-0.2, -0.15) is 0 Å². The molecule has 15 aromatic carbocycles. The van der Waals surface area contributed by atoms with Crippen LogP contribution in [0.15, 0.2) is 309 Å². The van der Waals surface area contributed by atoms with Gasteiger partial charge in [0.1, 0.15) is 33.5 Å². The van der Waals surface area contributed by atoms with Crippen LogP contribution >= 0.6 is 22.7 Å². The summed E-state index contributed by atoms with van der Waals surface area (Å²) in [6.07, 6.45) is 0. The Morgan fingerprint density at radius 1 is 0.223 bits per heavy atom. The Kier molecular flexibility index (Phi) is 10.9. The maximum atomic E-state index is 6.92. The Morgan fingerprint density at radius 2 is 0.628 bits per heavy atom. The van der Waals surface area contributed by atoms with Gasteiger partial charge in [0.05, 0.1) is 22.7 Å².